The standard InChI is InChI=1S/C20H15ClN2O3S/c1-11-7-9-13(10-8-11)19-23-22-18(26-19)12(2)25-20(24)17-16(21)14-5-3-4-6-15(14)27-17/h3-10,12H,1-2H3/t12-/m1/s1. The van der Waals surface area contributed by atoms with Gasteiger partial charge < -0.3 is 9.15 Å². The van der Waals surface area contributed by atoms with Crippen LogP contribution in [0.4, 0.5) is 0 Å². The maximum Gasteiger partial charge on any atom is 0.350 e. The number of fused-ring (bicyclic) bond motifs is 1. The minimum atomic E-state index is -0.689. The summed E-state index contributed by atoms with van der Waals surface area (Å²) in [6.07, 6.45) is -0.689. The quantitative estimate of drug-likeness (QED) is 0.404. The lowest BCUT2D eigenvalue weighted by atomic mass is 10.1. The van der Waals surface area contributed by atoms with Crippen LogP contribution < -0.4 is 0 Å². The number of thiophene rings is 1. The van der Waals surface area contributed by atoms with Crippen molar-refractivity contribution in [1.29, 1.82) is 0 Å². The summed E-state index contributed by atoms with van der Waals surface area (Å²) in [5.41, 5.74) is 1.95. The van der Waals surface area contributed by atoms with Gasteiger partial charge in [0.15, 0.2) is 6.10 Å². The number of hydrogen-bond donors (Lipinski definition) is 0. The van der Waals surface area contributed by atoms with Crippen molar-refractivity contribution in [3.63, 3.8) is 0 Å². The summed E-state index contributed by atoms with van der Waals surface area (Å²) in [6, 6.07) is 15.3. The fraction of sp³-hybridized carbons (Fsp3) is 0.150. The van der Waals surface area contributed by atoms with E-state index in [4.69, 9.17) is 20.8 Å². The van der Waals surface area contributed by atoms with Crippen LogP contribution in [0.15, 0.2) is 52.9 Å². The van der Waals surface area contributed by atoms with Crippen LogP contribution in [0.1, 0.15) is 34.2 Å². The number of esters is 1. The Morgan fingerprint density at radius 3 is 2.63 bits per heavy atom. The van der Waals surface area contributed by atoms with Crippen LogP contribution in [0.25, 0.3) is 21.5 Å². The third kappa shape index (κ3) is 3.46. The minimum Gasteiger partial charge on any atom is -0.448 e. The molecule has 2 heterocycles. The van der Waals surface area contributed by atoms with Crippen molar-refractivity contribution in [1.82, 2.24) is 10.2 Å². The summed E-state index contributed by atoms with van der Waals surface area (Å²) in [6.45, 7) is 3.69. The fourth-order valence-corrected chi connectivity index (χ4v) is 4.01. The van der Waals surface area contributed by atoms with Crippen LogP contribution in [-0.4, -0.2) is 16.2 Å². The summed E-state index contributed by atoms with van der Waals surface area (Å²) in [5, 5.41) is 9.28. The predicted octanol–water partition coefficient (Wildman–Crippen LogP) is 5.83. The highest BCUT2D eigenvalue weighted by Crippen LogP contribution is 2.36. The van der Waals surface area contributed by atoms with Crippen molar-refractivity contribution in [2.24, 2.45) is 0 Å². The molecule has 27 heavy (non-hydrogen) atoms. The smallest absolute Gasteiger partial charge is 0.350 e. The molecular weight excluding hydrogens is 384 g/mol. The van der Waals surface area contributed by atoms with Crippen molar-refractivity contribution >= 4 is 39.0 Å². The van der Waals surface area contributed by atoms with Gasteiger partial charge >= 0.3 is 5.97 Å². The Balaban J connectivity index is 1.53. The first-order chi connectivity index (χ1) is 13.0. The summed E-state index contributed by atoms with van der Waals surface area (Å²) in [5.74, 6) is 0.104. The van der Waals surface area contributed by atoms with Crippen LogP contribution in [0.5, 0.6) is 0 Å². The average molecular weight is 399 g/mol. The molecule has 0 bridgehead atoms. The maximum atomic E-state index is 12.5. The molecule has 136 valence electrons. The topological polar surface area (TPSA) is 65.2 Å². The van der Waals surface area contributed by atoms with Crippen LogP contribution in [0.3, 0.4) is 0 Å². The first kappa shape index (κ1) is 17.7. The Labute approximate surface area is 164 Å². The zero-order chi connectivity index (χ0) is 19.0. The average Bonchev–Trinajstić information content (AvgIpc) is 3.28. The monoisotopic (exact) mass is 398 g/mol. The Hall–Kier alpha value is -2.70. The second-order valence-electron chi connectivity index (χ2n) is 6.10. The summed E-state index contributed by atoms with van der Waals surface area (Å²) in [4.78, 5) is 12.9. The molecule has 0 N–H and O–H groups in total. The molecule has 2 aromatic carbocycles. The number of carbonyl (C=O) groups excluding carboxylic acids is 1. The summed E-state index contributed by atoms with van der Waals surface area (Å²) >= 11 is 7.64. The number of ether oxygens (including phenoxy) is 1. The molecular formula is C20H15ClN2O3S. The van der Waals surface area contributed by atoms with Crippen LogP contribution in [0, 0.1) is 6.92 Å². The van der Waals surface area contributed by atoms with Gasteiger partial charge in [0.2, 0.25) is 5.89 Å². The number of rotatable bonds is 4. The number of benzene rings is 2. The molecule has 0 aliphatic carbocycles. The first-order valence-electron chi connectivity index (χ1n) is 8.31. The van der Waals surface area contributed by atoms with Gasteiger partial charge in [-0.15, -0.1) is 21.5 Å². The van der Waals surface area contributed by atoms with E-state index in [0.717, 1.165) is 21.2 Å². The number of nitrogens with zero attached hydrogens (tertiary/aromatic N) is 2. The molecule has 4 rings (SSSR count). The molecule has 4 aromatic rings. The van der Waals surface area contributed by atoms with Crippen molar-refractivity contribution < 1.29 is 13.9 Å². The van der Waals surface area contributed by atoms with E-state index in [9.17, 15) is 4.79 Å². The van der Waals surface area contributed by atoms with Gasteiger partial charge in [0.1, 0.15) is 4.88 Å². The third-order valence-electron chi connectivity index (χ3n) is 4.09. The number of aromatic nitrogens is 2. The SMILES string of the molecule is Cc1ccc(-c2nnc([C@@H](C)OC(=O)c3sc4ccccc4c3Cl)o2)cc1. The molecule has 0 aliphatic heterocycles. The molecule has 0 aliphatic rings. The molecule has 0 fully saturated rings. The van der Waals surface area contributed by atoms with E-state index >= 15 is 0 Å². The Morgan fingerprint density at radius 2 is 1.89 bits per heavy atom. The van der Waals surface area contributed by atoms with Gasteiger partial charge in [-0.1, -0.05) is 47.5 Å². The maximum absolute atomic E-state index is 12.5. The Morgan fingerprint density at radius 1 is 1.15 bits per heavy atom. The van der Waals surface area contributed by atoms with Gasteiger partial charge in [0.25, 0.3) is 5.89 Å². The number of carbonyl (C=O) groups is 1. The fourth-order valence-electron chi connectivity index (χ4n) is 2.62. The molecule has 7 heteroatoms. The van der Waals surface area contributed by atoms with E-state index in [0.29, 0.717) is 15.8 Å². The predicted molar refractivity (Wildman–Crippen MR) is 105 cm³/mol. The van der Waals surface area contributed by atoms with Gasteiger partial charge in [-0.2, -0.15) is 0 Å². The Kier molecular flexibility index (Phi) is 4.68. The van der Waals surface area contributed by atoms with Gasteiger partial charge in [-0.25, -0.2) is 4.79 Å². The van der Waals surface area contributed by atoms with Crippen molar-refractivity contribution in [2.75, 3.05) is 0 Å². The lowest BCUT2D eigenvalue weighted by Crippen LogP contribution is -2.08. The largest absolute Gasteiger partial charge is 0.448 e. The number of halogens is 1. The van der Waals surface area contributed by atoms with Gasteiger partial charge in [-0.3, -0.25) is 0 Å². The van der Waals surface area contributed by atoms with Crippen LogP contribution in [0.2, 0.25) is 5.02 Å². The zero-order valence-corrected chi connectivity index (χ0v) is 16.2. The highest BCUT2D eigenvalue weighted by atomic mass is 35.5. The minimum absolute atomic E-state index is 0.233. The molecule has 0 radical (unpaired) electrons. The highest BCUT2D eigenvalue weighted by Gasteiger charge is 2.24. The second kappa shape index (κ2) is 7.13. The van der Waals surface area contributed by atoms with E-state index in [2.05, 4.69) is 10.2 Å². The summed E-state index contributed by atoms with van der Waals surface area (Å²) < 4.78 is 12.1. The third-order valence-corrected chi connectivity index (χ3v) is 5.75. The van der Waals surface area contributed by atoms with E-state index < -0.39 is 12.1 Å². The van der Waals surface area contributed by atoms with Crippen molar-refractivity contribution in [2.45, 2.75) is 20.0 Å². The van der Waals surface area contributed by atoms with Crippen LogP contribution in [-0.2, 0) is 4.74 Å². The van der Waals surface area contributed by atoms with E-state index in [-0.39, 0.29) is 5.89 Å². The molecule has 2 aromatic heterocycles. The normalized spacial score (nSPS) is 12.3. The zero-order valence-electron chi connectivity index (χ0n) is 14.6. The lowest BCUT2D eigenvalue weighted by Gasteiger charge is -2.08. The number of hydrogen-bond acceptors (Lipinski definition) is 6. The number of aryl methyl sites for hydroxylation is 1. The molecule has 0 saturated heterocycles. The van der Waals surface area contributed by atoms with Crippen molar-refractivity contribution in [3.05, 3.63) is 69.9 Å². The lowest BCUT2D eigenvalue weighted by molar-refractivity contribution is 0.0286. The molecule has 0 spiro atoms. The molecule has 0 saturated carbocycles. The van der Waals surface area contributed by atoms with Gasteiger partial charge in [0.05, 0.1) is 5.02 Å². The van der Waals surface area contributed by atoms with Crippen LogP contribution >= 0.6 is 22.9 Å². The molecule has 0 unspecified atom stereocenters. The highest BCUT2D eigenvalue weighted by molar-refractivity contribution is 7.21. The van der Waals surface area contributed by atoms with Crippen molar-refractivity contribution in [3.8, 4) is 11.5 Å². The summed E-state index contributed by atoms with van der Waals surface area (Å²) in [7, 11) is 0. The van der Waals surface area contributed by atoms with Gasteiger partial charge in [0, 0.05) is 15.6 Å². The van der Waals surface area contributed by atoms with E-state index in [1.54, 1.807) is 6.92 Å². The molecule has 0 amide bonds. The second-order valence-corrected chi connectivity index (χ2v) is 7.53. The van der Waals surface area contributed by atoms with E-state index in [1.807, 2.05) is 55.5 Å². The first-order valence-corrected chi connectivity index (χ1v) is 9.51. The molecule has 5 nitrogen and oxygen atoms in total. The van der Waals surface area contributed by atoms with E-state index in [1.165, 1.54) is 11.3 Å². The molecule has 1 atom stereocenters. The Bertz CT molecular complexity index is 1120. The van der Waals surface area contributed by atoms with Gasteiger partial charge in [-0.05, 0) is 32.0 Å².